The van der Waals surface area contributed by atoms with E-state index in [-0.39, 0.29) is 34.8 Å². The van der Waals surface area contributed by atoms with Gasteiger partial charge in [-0.3, -0.25) is 23.8 Å². The molecule has 0 radical (unpaired) electrons. The molecule has 0 aromatic rings. The molecule has 2 fully saturated rings. The molecule has 3 amide bonds. The fourth-order valence-corrected chi connectivity index (χ4v) is 4.67. The molecule has 0 aromatic carbocycles. The van der Waals surface area contributed by atoms with E-state index < -0.39 is 7.52 Å². The number of nitrogens with one attached hydrogen (secondary N) is 1. The first-order chi connectivity index (χ1) is 12.6. The van der Waals surface area contributed by atoms with Crippen LogP contribution in [0.2, 0.25) is 0 Å². The van der Waals surface area contributed by atoms with Crippen LogP contribution in [-0.2, 0) is 18.9 Å². The first-order valence-electron chi connectivity index (χ1n) is 9.30. The summed E-state index contributed by atoms with van der Waals surface area (Å²) in [6.07, 6.45) is 5.26. The quantitative estimate of drug-likeness (QED) is 0.449. The summed E-state index contributed by atoms with van der Waals surface area (Å²) in [6, 6.07) is 0. The van der Waals surface area contributed by atoms with Gasteiger partial charge >= 0.3 is 0 Å². The number of rotatable bonds is 8. The van der Waals surface area contributed by atoms with Gasteiger partial charge in [-0.15, -0.1) is 0 Å². The third kappa shape index (κ3) is 6.04. The second kappa shape index (κ2) is 9.54. The zero-order valence-corrected chi connectivity index (χ0v) is 17.9. The molecule has 2 atom stereocenters. The molecule has 0 bridgehead atoms. The second-order valence-corrected chi connectivity index (χ2v) is 10.9. The average molecular weight is 419 g/mol. The van der Waals surface area contributed by atoms with Crippen LogP contribution in [0, 0.1) is 11.8 Å². The minimum absolute atomic E-state index is 0.0264. The SMILES string of the molecule is CSC1CC(=O)N(CC2CCC(C(=O)NCCN(C)P(C)(=O)O)CC2)C1=O. The van der Waals surface area contributed by atoms with Gasteiger partial charge in [-0.25, -0.2) is 4.67 Å². The van der Waals surface area contributed by atoms with Gasteiger partial charge in [0.1, 0.15) is 0 Å². The molecule has 2 unspecified atom stereocenters. The van der Waals surface area contributed by atoms with E-state index in [1.54, 1.807) is 7.05 Å². The number of amides is 3. The molecule has 2 N–H and O–H groups in total. The van der Waals surface area contributed by atoms with Crippen LogP contribution in [0.15, 0.2) is 0 Å². The summed E-state index contributed by atoms with van der Waals surface area (Å²) >= 11 is 1.42. The number of carbonyl (C=O) groups is 3. The molecule has 1 aliphatic carbocycles. The van der Waals surface area contributed by atoms with Gasteiger partial charge in [0.2, 0.25) is 17.7 Å². The maximum atomic E-state index is 12.3. The standard InChI is InChI=1S/C17H30N3O5PS/c1-19(26(2,24)25)9-8-18-16(22)13-6-4-12(5-7-13)11-20-15(21)10-14(27-3)17(20)23/h12-14H,4-11H2,1-3H3,(H,18,22)(H,24,25). The number of carbonyl (C=O) groups excluding carboxylic acids is 3. The highest BCUT2D eigenvalue weighted by molar-refractivity contribution is 8.00. The van der Waals surface area contributed by atoms with Crippen LogP contribution in [0.1, 0.15) is 32.1 Å². The fourth-order valence-electron chi connectivity index (χ4n) is 3.56. The highest BCUT2D eigenvalue weighted by Gasteiger charge is 2.39. The lowest BCUT2D eigenvalue weighted by Crippen LogP contribution is -2.40. The molecule has 1 saturated carbocycles. The van der Waals surface area contributed by atoms with E-state index in [4.69, 9.17) is 0 Å². The van der Waals surface area contributed by atoms with Crippen molar-refractivity contribution in [3.63, 3.8) is 0 Å². The molecular weight excluding hydrogens is 389 g/mol. The first-order valence-corrected chi connectivity index (χ1v) is 12.6. The minimum Gasteiger partial charge on any atom is -0.355 e. The minimum atomic E-state index is -3.27. The molecule has 27 heavy (non-hydrogen) atoms. The molecule has 1 heterocycles. The van der Waals surface area contributed by atoms with Crippen molar-refractivity contribution in [1.82, 2.24) is 14.9 Å². The van der Waals surface area contributed by atoms with E-state index in [1.165, 1.54) is 28.0 Å². The van der Waals surface area contributed by atoms with Crippen LogP contribution < -0.4 is 5.32 Å². The van der Waals surface area contributed by atoms with Crippen molar-refractivity contribution in [2.45, 2.75) is 37.4 Å². The number of likely N-dealkylation sites (tertiary alicyclic amines) is 1. The normalized spacial score (nSPS) is 28.5. The Labute approximate surface area is 164 Å². The largest absolute Gasteiger partial charge is 0.355 e. The zero-order chi connectivity index (χ0) is 20.2. The molecule has 2 rings (SSSR count). The van der Waals surface area contributed by atoms with Gasteiger partial charge in [-0.05, 0) is 44.9 Å². The monoisotopic (exact) mass is 419 g/mol. The van der Waals surface area contributed by atoms with Crippen LogP contribution in [0.4, 0.5) is 0 Å². The molecular formula is C17H30N3O5PS. The molecule has 0 spiro atoms. The summed E-state index contributed by atoms with van der Waals surface area (Å²) < 4.78 is 12.8. The topological polar surface area (TPSA) is 107 Å². The van der Waals surface area contributed by atoms with E-state index in [2.05, 4.69) is 5.32 Å². The number of hydrogen-bond donors (Lipinski definition) is 2. The average Bonchev–Trinajstić information content (AvgIpc) is 2.88. The van der Waals surface area contributed by atoms with Gasteiger partial charge in [0.25, 0.3) is 7.52 Å². The lowest BCUT2D eigenvalue weighted by atomic mass is 9.81. The predicted octanol–water partition coefficient (Wildman–Crippen LogP) is 1.15. The smallest absolute Gasteiger partial charge is 0.266 e. The van der Waals surface area contributed by atoms with E-state index in [9.17, 15) is 23.8 Å². The van der Waals surface area contributed by atoms with Crippen molar-refractivity contribution in [2.24, 2.45) is 11.8 Å². The van der Waals surface area contributed by atoms with Crippen molar-refractivity contribution >= 4 is 37.0 Å². The van der Waals surface area contributed by atoms with Crippen molar-refractivity contribution in [3.05, 3.63) is 0 Å². The van der Waals surface area contributed by atoms with Gasteiger partial charge in [-0.2, -0.15) is 11.8 Å². The Balaban J connectivity index is 1.72. The lowest BCUT2D eigenvalue weighted by Gasteiger charge is -2.30. The zero-order valence-electron chi connectivity index (χ0n) is 16.2. The van der Waals surface area contributed by atoms with Crippen molar-refractivity contribution < 1.29 is 23.8 Å². The van der Waals surface area contributed by atoms with Crippen LogP contribution in [0.25, 0.3) is 0 Å². The van der Waals surface area contributed by atoms with Crippen LogP contribution in [-0.4, -0.2) is 77.0 Å². The van der Waals surface area contributed by atoms with Gasteiger partial charge in [0.05, 0.1) is 5.25 Å². The Hall–Kier alpha value is -0.890. The molecule has 1 saturated heterocycles. The maximum Gasteiger partial charge on any atom is 0.266 e. The Morgan fingerprint density at radius 3 is 2.48 bits per heavy atom. The molecule has 0 aromatic heterocycles. The number of hydrogen-bond acceptors (Lipinski definition) is 5. The van der Waals surface area contributed by atoms with E-state index in [0.717, 1.165) is 25.7 Å². The van der Waals surface area contributed by atoms with Crippen LogP contribution in [0.3, 0.4) is 0 Å². The molecule has 154 valence electrons. The molecule has 10 heteroatoms. The van der Waals surface area contributed by atoms with E-state index >= 15 is 0 Å². The predicted molar refractivity (Wildman–Crippen MR) is 105 cm³/mol. The first kappa shape index (κ1) is 22.4. The highest BCUT2D eigenvalue weighted by atomic mass is 32.2. The Bertz CT molecular complexity index is 618. The highest BCUT2D eigenvalue weighted by Crippen LogP contribution is 2.38. The van der Waals surface area contributed by atoms with Gasteiger partial charge in [0, 0.05) is 38.6 Å². The fraction of sp³-hybridized carbons (Fsp3) is 0.824. The molecule has 1 aliphatic heterocycles. The summed E-state index contributed by atoms with van der Waals surface area (Å²) in [5.74, 6) is 0.00241. The number of nitrogens with zero attached hydrogens (tertiary/aromatic N) is 2. The van der Waals surface area contributed by atoms with Crippen LogP contribution >= 0.6 is 19.3 Å². The van der Waals surface area contributed by atoms with Crippen molar-refractivity contribution in [1.29, 1.82) is 0 Å². The summed E-state index contributed by atoms with van der Waals surface area (Å²) in [6.45, 7) is 2.39. The van der Waals surface area contributed by atoms with Crippen molar-refractivity contribution in [2.75, 3.05) is 39.6 Å². The maximum absolute atomic E-state index is 12.3. The Kier molecular flexibility index (Phi) is 7.92. The van der Waals surface area contributed by atoms with E-state index in [1.807, 2.05) is 6.26 Å². The van der Waals surface area contributed by atoms with Gasteiger partial charge in [0.15, 0.2) is 0 Å². The summed E-state index contributed by atoms with van der Waals surface area (Å²) in [5, 5.41) is 2.60. The number of thioether (sulfide) groups is 1. The third-order valence-electron chi connectivity index (χ3n) is 5.51. The van der Waals surface area contributed by atoms with Gasteiger partial charge in [-0.1, -0.05) is 0 Å². The summed E-state index contributed by atoms with van der Waals surface area (Å²) in [7, 11) is -1.71. The molecule has 2 aliphatic rings. The number of likely N-dealkylation sites (N-methyl/N-ethyl adjacent to an activating group) is 1. The Morgan fingerprint density at radius 1 is 1.33 bits per heavy atom. The lowest BCUT2D eigenvalue weighted by molar-refractivity contribution is -0.139. The van der Waals surface area contributed by atoms with E-state index in [0.29, 0.717) is 26.1 Å². The Morgan fingerprint density at radius 2 is 1.96 bits per heavy atom. The van der Waals surface area contributed by atoms with Crippen molar-refractivity contribution in [3.8, 4) is 0 Å². The van der Waals surface area contributed by atoms with Crippen LogP contribution in [0.5, 0.6) is 0 Å². The second-order valence-electron chi connectivity index (χ2n) is 7.50. The number of imide groups is 1. The van der Waals surface area contributed by atoms with Gasteiger partial charge < -0.3 is 10.2 Å². The third-order valence-corrected chi connectivity index (χ3v) is 7.92. The molecule has 8 nitrogen and oxygen atoms in total. The summed E-state index contributed by atoms with van der Waals surface area (Å²) in [4.78, 5) is 47.4. The summed E-state index contributed by atoms with van der Waals surface area (Å²) in [5.41, 5.74) is 0.